The van der Waals surface area contributed by atoms with Crippen molar-refractivity contribution >= 4 is 5.91 Å². The molecule has 1 saturated heterocycles. The van der Waals surface area contributed by atoms with Crippen molar-refractivity contribution in [2.75, 3.05) is 19.8 Å². The molecule has 2 aromatic heterocycles. The first-order valence-electron chi connectivity index (χ1n) is 9.61. The SMILES string of the molecule is Cn1cc(-c2cnc(-c3ccccc3)nc2)cc1C(=O)NCC1CCOCC1. The van der Waals surface area contributed by atoms with Crippen LogP contribution in [0.4, 0.5) is 0 Å². The fraction of sp³-hybridized carbons (Fsp3) is 0.318. The minimum absolute atomic E-state index is 0.0536. The summed E-state index contributed by atoms with van der Waals surface area (Å²) in [5.74, 6) is 1.13. The second-order valence-electron chi connectivity index (χ2n) is 7.15. The molecule has 4 rings (SSSR count). The zero-order valence-corrected chi connectivity index (χ0v) is 16.0. The fourth-order valence-corrected chi connectivity index (χ4v) is 3.44. The summed E-state index contributed by atoms with van der Waals surface area (Å²) >= 11 is 0. The largest absolute Gasteiger partial charge is 0.381 e. The lowest BCUT2D eigenvalue weighted by molar-refractivity contribution is 0.0641. The summed E-state index contributed by atoms with van der Waals surface area (Å²) in [7, 11) is 1.88. The Labute approximate surface area is 164 Å². The van der Waals surface area contributed by atoms with Crippen LogP contribution in [0.1, 0.15) is 23.3 Å². The number of carbonyl (C=O) groups is 1. The van der Waals surface area contributed by atoms with E-state index in [4.69, 9.17) is 4.74 Å². The minimum Gasteiger partial charge on any atom is -0.381 e. The van der Waals surface area contributed by atoms with E-state index < -0.39 is 0 Å². The molecule has 1 amide bonds. The second kappa shape index (κ2) is 8.35. The standard InChI is InChI=1S/C22H24N4O2/c1-26-15-18(11-20(26)22(27)25-12-16-7-9-28-10-8-16)19-13-23-21(24-14-19)17-5-3-2-4-6-17/h2-6,11,13-16H,7-10,12H2,1H3,(H,25,27). The normalized spacial score (nSPS) is 14.8. The fourth-order valence-electron chi connectivity index (χ4n) is 3.44. The van der Waals surface area contributed by atoms with Gasteiger partial charge in [-0.15, -0.1) is 0 Å². The number of amides is 1. The molecule has 1 aliphatic heterocycles. The lowest BCUT2D eigenvalue weighted by Crippen LogP contribution is -2.33. The van der Waals surface area contributed by atoms with Gasteiger partial charge in [0.05, 0.1) is 0 Å². The van der Waals surface area contributed by atoms with Crippen molar-refractivity contribution in [2.45, 2.75) is 12.8 Å². The molecular weight excluding hydrogens is 352 g/mol. The molecule has 0 spiro atoms. The summed E-state index contributed by atoms with van der Waals surface area (Å²) in [5, 5.41) is 3.06. The van der Waals surface area contributed by atoms with E-state index in [2.05, 4.69) is 15.3 Å². The van der Waals surface area contributed by atoms with Crippen LogP contribution in [-0.2, 0) is 11.8 Å². The molecule has 1 fully saturated rings. The summed E-state index contributed by atoms with van der Waals surface area (Å²) in [6, 6.07) is 11.8. The first kappa shape index (κ1) is 18.4. The Morgan fingerprint density at radius 2 is 1.82 bits per heavy atom. The van der Waals surface area contributed by atoms with Crippen molar-refractivity contribution in [3.05, 3.63) is 60.7 Å². The average Bonchev–Trinajstić information content (AvgIpc) is 3.15. The van der Waals surface area contributed by atoms with E-state index in [1.54, 1.807) is 12.4 Å². The molecule has 3 aromatic rings. The van der Waals surface area contributed by atoms with Crippen LogP contribution < -0.4 is 5.32 Å². The third-order valence-electron chi connectivity index (χ3n) is 5.15. The topological polar surface area (TPSA) is 69.0 Å². The highest BCUT2D eigenvalue weighted by molar-refractivity contribution is 5.94. The number of nitrogens with one attached hydrogen (secondary N) is 1. The Morgan fingerprint density at radius 3 is 2.54 bits per heavy atom. The Balaban J connectivity index is 1.45. The van der Waals surface area contributed by atoms with Crippen molar-refractivity contribution in [1.29, 1.82) is 0 Å². The molecular formula is C22H24N4O2. The van der Waals surface area contributed by atoms with Crippen LogP contribution in [-0.4, -0.2) is 40.2 Å². The summed E-state index contributed by atoms with van der Waals surface area (Å²) in [6.45, 7) is 2.26. The highest BCUT2D eigenvalue weighted by Gasteiger charge is 2.17. The molecule has 1 aromatic carbocycles. The average molecular weight is 376 g/mol. The van der Waals surface area contributed by atoms with Crippen molar-refractivity contribution < 1.29 is 9.53 Å². The van der Waals surface area contributed by atoms with Gasteiger partial charge < -0.3 is 14.6 Å². The van der Waals surface area contributed by atoms with Gasteiger partial charge in [-0.05, 0) is 24.8 Å². The predicted octanol–water partition coefficient (Wildman–Crippen LogP) is 3.31. The van der Waals surface area contributed by atoms with Gasteiger partial charge in [0.2, 0.25) is 0 Å². The number of hydrogen-bond acceptors (Lipinski definition) is 4. The van der Waals surface area contributed by atoms with Crippen LogP contribution in [0.2, 0.25) is 0 Å². The Bertz CT molecular complexity index is 929. The number of rotatable bonds is 5. The molecule has 1 N–H and O–H groups in total. The van der Waals surface area contributed by atoms with E-state index in [0.717, 1.165) is 42.7 Å². The van der Waals surface area contributed by atoms with Crippen molar-refractivity contribution in [2.24, 2.45) is 13.0 Å². The van der Waals surface area contributed by atoms with Gasteiger partial charge in [-0.25, -0.2) is 9.97 Å². The number of aryl methyl sites for hydroxylation is 1. The van der Waals surface area contributed by atoms with Gasteiger partial charge in [0.25, 0.3) is 5.91 Å². The quantitative estimate of drug-likeness (QED) is 0.742. The molecule has 28 heavy (non-hydrogen) atoms. The molecule has 0 bridgehead atoms. The van der Waals surface area contributed by atoms with Crippen molar-refractivity contribution in [1.82, 2.24) is 19.9 Å². The molecule has 3 heterocycles. The number of aromatic nitrogens is 3. The molecule has 1 aliphatic rings. The molecule has 144 valence electrons. The number of nitrogens with zero attached hydrogens (tertiary/aromatic N) is 3. The van der Waals surface area contributed by atoms with Gasteiger partial charge >= 0.3 is 0 Å². The third-order valence-corrected chi connectivity index (χ3v) is 5.15. The zero-order chi connectivity index (χ0) is 19.3. The van der Waals surface area contributed by atoms with Crippen LogP contribution in [0.15, 0.2) is 55.0 Å². The van der Waals surface area contributed by atoms with Gasteiger partial charge in [-0.1, -0.05) is 30.3 Å². The molecule has 0 radical (unpaired) electrons. The van der Waals surface area contributed by atoms with Gasteiger partial charge in [0.1, 0.15) is 5.69 Å². The molecule has 6 nitrogen and oxygen atoms in total. The van der Waals surface area contributed by atoms with Crippen molar-refractivity contribution in [3.63, 3.8) is 0 Å². The zero-order valence-electron chi connectivity index (χ0n) is 16.0. The van der Waals surface area contributed by atoms with E-state index in [1.807, 2.05) is 54.2 Å². The highest BCUT2D eigenvalue weighted by atomic mass is 16.5. The molecule has 0 saturated carbocycles. The Kier molecular flexibility index (Phi) is 5.48. The minimum atomic E-state index is -0.0536. The van der Waals surface area contributed by atoms with Crippen LogP contribution in [0.25, 0.3) is 22.5 Å². The monoisotopic (exact) mass is 376 g/mol. The maximum absolute atomic E-state index is 12.6. The molecule has 0 unspecified atom stereocenters. The van der Waals surface area contributed by atoms with Crippen LogP contribution in [0, 0.1) is 5.92 Å². The smallest absolute Gasteiger partial charge is 0.267 e. The van der Waals surface area contributed by atoms with Gasteiger partial charge in [-0.3, -0.25) is 4.79 Å². The van der Waals surface area contributed by atoms with E-state index in [-0.39, 0.29) is 5.91 Å². The molecule has 0 aliphatic carbocycles. The van der Waals surface area contributed by atoms with Crippen LogP contribution in [0.3, 0.4) is 0 Å². The first-order chi connectivity index (χ1) is 13.7. The highest BCUT2D eigenvalue weighted by Crippen LogP contribution is 2.22. The van der Waals surface area contributed by atoms with E-state index in [1.165, 1.54) is 0 Å². The van der Waals surface area contributed by atoms with E-state index >= 15 is 0 Å². The number of hydrogen-bond donors (Lipinski definition) is 1. The lowest BCUT2D eigenvalue weighted by Gasteiger charge is -2.22. The number of benzene rings is 1. The molecule has 6 heteroatoms. The maximum Gasteiger partial charge on any atom is 0.267 e. The summed E-state index contributed by atoms with van der Waals surface area (Å²) in [6.07, 6.45) is 7.54. The summed E-state index contributed by atoms with van der Waals surface area (Å²) in [4.78, 5) is 21.5. The molecule has 0 atom stereocenters. The van der Waals surface area contributed by atoms with Gasteiger partial charge in [0, 0.05) is 62.1 Å². The van der Waals surface area contributed by atoms with Gasteiger partial charge in [0.15, 0.2) is 5.82 Å². The first-order valence-corrected chi connectivity index (χ1v) is 9.61. The number of carbonyl (C=O) groups excluding carboxylic acids is 1. The Hall–Kier alpha value is -2.99. The lowest BCUT2D eigenvalue weighted by atomic mass is 10.0. The summed E-state index contributed by atoms with van der Waals surface area (Å²) in [5.41, 5.74) is 3.43. The maximum atomic E-state index is 12.6. The predicted molar refractivity (Wildman–Crippen MR) is 108 cm³/mol. The van der Waals surface area contributed by atoms with Gasteiger partial charge in [-0.2, -0.15) is 0 Å². The van der Waals surface area contributed by atoms with E-state index in [0.29, 0.717) is 24.0 Å². The van der Waals surface area contributed by atoms with Crippen molar-refractivity contribution in [3.8, 4) is 22.5 Å². The summed E-state index contributed by atoms with van der Waals surface area (Å²) < 4.78 is 7.22. The van der Waals surface area contributed by atoms with Crippen LogP contribution in [0.5, 0.6) is 0 Å². The second-order valence-corrected chi connectivity index (χ2v) is 7.15. The Morgan fingerprint density at radius 1 is 1.11 bits per heavy atom. The third kappa shape index (κ3) is 4.12. The van der Waals surface area contributed by atoms with E-state index in [9.17, 15) is 4.79 Å². The number of ether oxygens (including phenoxy) is 1. The van der Waals surface area contributed by atoms with Crippen LogP contribution >= 0.6 is 0 Å².